The maximum atomic E-state index is 10.5. The lowest BCUT2D eigenvalue weighted by Gasteiger charge is -2.16. The second-order valence-corrected chi connectivity index (χ2v) is 4.46. The lowest BCUT2D eigenvalue weighted by Crippen LogP contribution is -2.31. The van der Waals surface area contributed by atoms with Crippen molar-refractivity contribution in [1.82, 2.24) is 10.2 Å². The Morgan fingerprint density at radius 1 is 1.42 bits per heavy atom. The quantitative estimate of drug-likeness (QED) is 0.420. The summed E-state index contributed by atoms with van der Waals surface area (Å²) in [5.41, 5.74) is 0.718. The van der Waals surface area contributed by atoms with E-state index in [0.29, 0.717) is 12.1 Å². The van der Waals surface area contributed by atoms with Crippen LogP contribution in [-0.2, 0) is 0 Å². The molecule has 1 aromatic carbocycles. The highest BCUT2D eigenvalue weighted by Gasteiger charge is 2.10. The molecule has 0 saturated heterocycles. The van der Waals surface area contributed by atoms with Gasteiger partial charge in [0, 0.05) is 31.8 Å². The van der Waals surface area contributed by atoms with Gasteiger partial charge in [0.15, 0.2) is 0 Å². The number of aliphatic hydroxyl groups excluding tert-OH is 1. The Hall–Kier alpha value is -1.50. The van der Waals surface area contributed by atoms with Crippen molar-refractivity contribution in [2.45, 2.75) is 13.0 Å². The van der Waals surface area contributed by atoms with Gasteiger partial charge in [-0.15, -0.1) is 0 Å². The van der Waals surface area contributed by atoms with Crippen LogP contribution >= 0.6 is 0 Å². The van der Waals surface area contributed by atoms with Crippen molar-refractivity contribution < 1.29 is 10.0 Å². The van der Waals surface area contributed by atoms with Crippen molar-refractivity contribution in [1.29, 1.82) is 0 Å². The maximum Gasteiger partial charge on any atom is 0.269 e. The molecule has 1 rings (SSSR count). The van der Waals surface area contributed by atoms with Gasteiger partial charge in [0.2, 0.25) is 0 Å². The molecule has 0 bridgehead atoms. The first-order valence-electron chi connectivity index (χ1n) is 6.36. The normalized spacial score (nSPS) is 12.6. The van der Waals surface area contributed by atoms with E-state index in [9.17, 15) is 15.2 Å². The number of nitrogens with zero attached hydrogens (tertiary/aromatic N) is 2. The number of hydrogen-bond donors (Lipinski definition) is 2. The number of benzene rings is 1. The first-order valence-corrected chi connectivity index (χ1v) is 6.36. The summed E-state index contributed by atoms with van der Waals surface area (Å²) < 4.78 is 0. The first-order chi connectivity index (χ1) is 9.04. The van der Waals surface area contributed by atoms with Crippen molar-refractivity contribution in [2.24, 2.45) is 0 Å². The lowest BCUT2D eigenvalue weighted by atomic mass is 10.1. The van der Waals surface area contributed by atoms with Crippen molar-refractivity contribution >= 4 is 5.69 Å². The molecular weight excluding hydrogens is 246 g/mol. The average molecular weight is 267 g/mol. The molecule has 0 aliphatic carbocycles. The van der Waals surface area contributed by atoms with E-state index in [1.54, 1.807) is 12.1 Å². The smallest absolute Gasteiger partial charge is 0.269 e. The van der Waals surface area contributed by atoms with Crippen LogP contribution < -0.4 is 5.32 Å². The second-order valence-electron chi connectivity index (χ2n) is 4.46. The van der Waals surface area contributed by atoms with E-state index >= 15 is 0 Å². The zero-order valence-corrected chi connectivity index (χ0v) is 11.4. The molecule has 0 heterocycles. The molecule has 2 N–H and O–H groups in total. The second kappa shape index (κ2) is 7.83. The highest BCUT2D eigenvalue weighted by molar-refractivity contribution is 5.33. The van der Waals surface area contributed by atoms with Crippen LogP contribution in [0, 0.1) is 10.1 Å². The standard InChI is InChI=1S/C13H21N3O3/c1-3-15(2)9-8-14-10-13(17)11-4-6-12(7-5-11)16(18)19/h4-7,13-14,17H,3,8-10H2,1-2H3. The van der Waals surface area contributed by atoms with Crippen molar-refractivity contribution in [3.05, 3.63) is 39.9 Å². The molecule has 0 spiro atoms. The Morgan fingerprint density at radius 2 is 2.05 bits per heavy atom. The largest absolute Gasteiger partial charge is 0.387 e. The Kier molecular flexibility index (Phi) is 6.41. The van der Waals surface area contributed by atoms with Crippen LogP contribution in [0.15, 0.2) is 24.3 Å². The SMILES string of the molecule is CCN(C)CCNCC(O)c1ccc([N+](=O)[O-])cc1. The van der Waals surface area contributed by atoms with E-state index in [2.05, 4.69) is 17.1 Å². The number of non-ortho nitro benzene ring substituents is 1. The Bertz CT molecular complexity index is 395. The van der Waals surface area contributed by atoms with Gasteiger partial charge in [0.1, 0.15) is 0 Å². The summed E-state index contributed by atoms with van der Waals surface area (Å²) in [4.78, 5) is 12.2. The fraction of sp³-hybridized carbons (Fsp3) is 0.538. The number of hydrogen-bond acceptors (Lipinski definition) is 5. The summed E-state index contributed by atoms with van der Waals surface area (Å²) in [6.45, 7) is 5.24. The van der Waals surface area contributed by atoms with Gasteiger partial charge in [0.05, 0.1) is 11.0 Å². The van der Waals surface area contributed by atoms with E-state index in [0.717, 1.165) is 19.6 Å². The predicted molar refractivity (Wildman–Crippen MR) is 74.1 cm³/mol. The Labute approximate surface area is 113 Å². The minimum Gasteiger partial charge on any atom is -0.387 e. The molecule has 0 aliphatic rings. The molecule has 0 saturated carbocycles. The molecule has 0 amide bonds. The molecule has 106 valence electrons. The van der Waals surface area contributed by atoms with Crippen LogP contribution in [0.25, 0.3) is 0 Å². The monoisotopic (exact) mass is 267 g/mol. The maximum absolute atomic E-state index is 10.5. The number of nitro benzene ring substituents is 1. The Balaban J connectivity index is 2.37. The fourth-order valence-corrected chi connectivity index (χ4v) is 1.60. The Morgan fingerprint density at radius 3 is 2.58 bits per heavy atom. The zero-order valence-electron chi connectivity index (χ0n) is 11.4. The molecule has 19 heavy (non-hydrogen) atoms. The van der Waals surface area contributed by atoms with E-state index < -0.39 is 11.0 Å². The van der Waals surface area contributed by atoms with Gasteiger partial charge in [-0.25, -0.2) is 0 Å². The summed E-state index contributed by atoms with van der Waals surface area (Å²) in [5.74, 6) is 0. The molecular formula is C13H21N3O3. The van der Waals surface area contributed by atoms with Crippen molar-refractivity contribution in [2.75, 3.05) is 33.2 Å². The lowest BCUT2D eigenvalue weighted by molar-refractivity contribution is -0.384. The molecule has 1 unspecified atom stereocenters. The minimum absolute atomic E-state index is 0.0356. The summed E-state index contributed by atoms with van der Waals surface area (Å²) >= 11 is 0. The van der Waals surface area contributed by atoms with E-state index in [4.69, 9.17) is 0 Å². The fourth-order valence-electron chi connectivity index (χ4n) is 1.60. The van der Waals surface area contributed by atoms with Gasteiger partial charge in [0.25, 0.3) is 5.69 Å². The van der Waals surface area contributed by atoms with Crippen molar-refractivity contribution in [3.63, 3.8) is 0 Å². The van der Waals surface area contributed by atoms with Crippen LogP contribution in [0.1, 0.15) is 18.6 Å². The third-order valence-electron chi connectivity index (χ3n) is 3.04. The zero-order chi connectivity index (χ0) is 14.3. The third kappa shape index (κ3) is 5.34. The third-order valence-corrected chi connectivity index (χ3v) is 3.04. The first kappa shape index (κ1) is 15.6. The van der Waals surface area contributed by atoms with Gasteiger partial charge in [-0.2, -0.15) is 0 Å². The van der Waals surface area contributed by atoms with Gasteiger partial charge >= 0.3 is 0 Å². The number of likely N-dealkylation sites (N-methyl/N-ethyl adjacent to an activating group) is 1. The molecule has 6 nitrogen and oxygen atoms in total. The minimum atomic E-state index is -0.646. The number of nitrogens with one attached hydrogen (secondary N) is 1. The van der Waals surface area contributed by atoms with E-state index in [-0.39, 0.29) is 5.69 Å². The molecule has 0 aromatic heterocycles. The van der Waals surface area contributed by atoms with Gasteiger partial charge in [-0.05, 0) is 31.3 Å². The molecule has 6 heteroatoms. The molecule has 0 fully saturated rings. The predicted octanol–water partition coefficient (Wildman–Crippen LogP) is 1.17. The summed E-state index contributed by atoms with van der Waals surface area (Å²) in [6.07, 6.45) is -0.646. The average Bonchev–Trinajstić information content (AvgIpc) is 2.43. The molecule has 1 atom stereocenters. The highest BCUT2D eigenvalue weighted by atomic mass is 16.6. The van der Waals surface area contributed by atoms with Crippen LogP contribution in [0.4, 0.5) is 5.69 Å². The molecule has 1 aromatic rings. The van der Waals surface area contributed by atoms with E-state index in [1.165, 1.54) is 12.1 Å². The van der Waals surface area contributed by atoms with Gasteiger partial charge in [-0.1, -0.05) is 6.92 Å². The van der Waals surface area contributed by atoms with Crippen molar-refractivity contribution in [3.8, 4) is 0 Å². The summed E-state index contributed by atoms with van der Waals surface area (Å²) in [7, 11) is 2.04. The summed E-state index contributed by atoms with van der Waals surface area (Å²) in [6, 6.07) is 5.98. The van der Waals surface area contributed by atoms with Crippen LogP contribution in [0.2, 0.25) is 0 Å². The number of rotatable bonds is 8. The van der Waals surface area contributed by atoms with E-state index in [1.807, 2.05) is 7.05 Å². The highest BCUT2D eigenvalue weighted by Crippen LogP contribution is 2.17. The topological polar surface area (TPSA) is 78.6 Å². The van der Waals surface area contributed by atoms with Gasteiger partial charge in [-0.3, -0.25) is 10.1 Å². The van der Waals surface area contributed by atoms with Crippen LogP contribution in [0.3, 0.4) is 0 Å². The molecule has 0 radical (unpaired) electrons. The summed E-state index contributed by atoms with van der Waals surface area (Å²) in [5, 5.41) is 23.6. The molecule has 0 aliphatic heterocycles. The number of aliphatic hydroxyl groups is 1. The van der Waals surface area contributed by atoms with Crippen LogP contribution in [0.5, 0.6) is 0 Å². The van der Waals surface area contributed by atoms with Crippen LogP contribution in [-0.4, -0.2) is 48.2 Å². The van der Waals surface area contributed by atoms with Gasteiger partial charge < -0.3 is 15.3 Å². The number of nitro groups is 1.